The number of pyridine rings is 1. The lowest BCUT2D eigenvalue weighted by atomic mass is 10.0. The zero-order valence-electron chi connectivity index (χ0n) is 15.9. The van der Waals surface area contributed by atoms with Gasteiger partial charge in [0.1, 0.15) is 19.5 Å². The van der Waals surface area contributed by atoms with Gasteiger partial charge in [-0.1, -0.05) is 36.4 Å². The molecule has 3 heterocycles. The predicted octanol–water partition coefficient (Wildman–Crippen LogP) is 1.55. The molecule has 4 aromatic rings. The highest BCUT2D eigenvalue weighted by Gasteiger charge is 2.13. The van der Waals surface area contributed by atoms with Gasteiger partial charge in [-0.3, -0.25) is 4.98 Å². The van der Waals surface area contributed by atoms with Crippen molar-refractivity contribution in [2.24, 2.45) is 0 Å². The third kappa shape index (κ3) is 4.55. The van der Waals surface area contributed by atoms with Crippen LogP contribution in [-0.2, 0) is 13.0 Å². The van der Waals surface area contributed by atoms with Gasteiger partial charge < -0.3 is 15.7 Å². The standard InChI is InChI=1S/C21H21BN6O/c22-18-13-25-28-20(24-12-16-7-4-8-23-11-16)10-19(27-21(18)28)26-17(14-29)9-15-5-2-1-3-6-15/h1-8,10-11,13,17,24,29H,9,12,14H2,(H,26,27)/t17-/m0/s1. The second-order valence-electron chi connectivity index (χ2n) is 6.79. The lowest BCUT2D eigenvalue weighted by Crippen LogP contribution is -2.27. The van der Waals surface area contributed by atoms with E-state index in [0.29, 0.717) is 29.9 Å². The highest BCUT2D eigenvalue weighted by atomic mass is 16.3. The first kappa shape index (κ1) is 19.0. The summed E-state index contributed by atoms with van der Waals surface area (Å²) in [6.45, 7) is 0.564. The Morgan fingerprint density at radius 1 is 1.07 bits per heavy atom. The molecule has 29 heavy (non-hydrogen) atoms. The van der Waals surface area contributed by atoms with Crippen molar-refractivity contribution in [3.8, 4) is 0 Å². The Labute approximate surface area is 170 Å². The smallest absolute Gasteiger partial charge is 0.152 e. The number of hydrogen-bond donors (Lipinski definition) is 3. The Hall–Kier alpha value is -3.39. The quantitative estimate of drug-likeness (QED) is 0.400. The van der Waals surface area contributed by atoms with Gasteiger partial charge in [-0.05, 0) is 29.1 Å². The molecule has 144 valence electrons. The maximum absolute atomic E-state index is 9.84. The molecule has 2 radical (unpaired) electrons. The molecule has 0 amide bonds. The van der Waals surface area contributed by atoms with E-state index >= 15 is 0 Å². The van der Waals surface area contributed by atoms with Crippen molar-refractivity contribution >= 4 is 30.6 Å². The van der Waals surface area contributed by atoms with Crippen LogP contribution < -0.4 is 16.1 Å². The number of fused-ring (bicyclic) bond motifs is 1. The fourth-order valence-electron chi connectivity index (χ4n) is 3.14. The fraction of sp³-hybridized carbons (Fsp3) is 0.190. The molecule has 0 saturated carbocycles. The summed E-state index contributed by atoms with van der Waals surface area (Å²) in [6.07, 6.45) is 5.81. The molecule has 8 heteroatoms. The van der Waals surface area contributed by atoms with Crippen LogP contribution in [-0.4, -0.2) is 45.2 Å². The van der Waals surface area contributed by atoms with Crippen molar-refractivity contribution in [2.75, 3.05) is 17.2 Å². The van der Waals surface area contributed by atoms with E-state index in [2.05, 4.69) is 25.7 Å². The van der Waals surface area contributed by atoms with Crippen molar-refractivity contribution in [1.29, 1.82) is 0 Å². The first-order valence-corrected chi connectivity index (χ1v) is 9.41. The number of aliphatic hydroxyl groups excluding tert-OH is 1. The molecule has 0 fully saturated rings. The van der Waals surface area contributed by atoms with Crippen molar-refractivity contribution in [2.45, 2.75) is 19.0 Å². The van der Waals surface area contributed by atoms with Crippen LogP contribution in [0.3, 0.4) is 0 Å². The molecule has 3 N–H and O–H groups in total. The molecule has 0 aliphatic carbocycles. The number of rotatable bonds is 8. The number of hydrogen-bond acceptors (Lipinski definition) is 6. The van der Waals surface area contributed by atoms with E-state index in [-0.39, 0.29) is 12.6 Å². The minimum absolute atomic E-state index is 0.0189. The van der Waals surface area contributed by atoms with E-state index in [0.717, 1.165) is 16.9 Å². The number of nitrogens with zero attached hydrogens (tertiary/aromatic N) is 4. The SMILES string of the molecule is [B]c1cnn2c(NCc3cccnc3)cc(N[C@H](CO)Cc3ccccc3)nc12. The number of benzene rings is 1. The van der Waals surface area contributed by atoms with Crippen LogP contribution in [0.1, 0.15) is 11.1 Å². The average Bonchev–Trinajstić information content (AvgIpc) is 3.14. The van der Waals surface area contributed by atoms with Crippen LogP contribution in [0.25, 0.3) is 5.65 Å². The lowest BCUT2D eigenvalue weighted by molar-refractivity contribution is 0.273. The van der Waals surface area contributed by atoms with Crippen LogP contribution in [0, 0.1) is 0 Å². The maximum atomic E-state index is 9.84. The van der Waals surface area contributed by atoms with Gasteiger partial charge in [0.05, 0.1) is 12.6 Å². The molecule has 0 aliphatic heterocycles. The van der Waals surface area contributed by atoms with Crippen molar-refractivity contribution in [1.82, 2.24) is 19.6 Å². The van der Waals surface area contributed by atoms with Crippen LogP contribution >= 0.6 is 0 Å². The molecule has 4 rings (SSSR count). The summed E-state index contributed by atoms with van der Waals surface area (Å²) >= 11 is 0. The molecule has 7 nitrogen and oxygen atoms in total. The first-order valence-electron chi connectivity index (χ1n) is 9.41. The van der Waals surface area contributed by atoms with E-state index in [1.807, 2.05) is 54.7 Å². The second kappa shape index (κ2) is 8.75. The van der Waals surface area contributed by atoms with Gasteiger partial charge >= 0.3 is 0 Å². The third-order valence-electron chi connectivity index (χ3n) is 4.59. The van der Waals surface area contributed by atoms with E-state index < -0.39 is 0 Å². The monoisotopic (exact) mass is 384 g/mol. The number of aliphatic hydroxyl groups is 1. The van der Waals surface area contributed by atoms with E-state index in [9.17, 15) is 5.11 Å². The predicted molar refractivity (Wildman–Crippen MR) is 115 cm³/mol. The van der Waals surface area contributed by atoms with E-state index in [1.54, 1.807) is 16.9 Å². The van der Waals surface area contributed by atoms with Gasteiger partial charge in [0.15, 0.2) is 5.65 Å². The molecular formula is C21H21BN6O. The first-order chi connectivity index (χ1) is 14.2. The Balaban J connectivity index is 1.57. The summed E-state index contributed by atoms with van der Waals surface area (Å²) in [4.78, 5) is 8.72. The Morgan fingerprint density at radius 3 is 2.66 bits per heavy atom. The van der Waals surface area contributed by atoms with Gasteiger partial charge in [-0.2, -0.15) is 9.61 Å². The normalized spacial score (nSPS) is 12.0. The van der Waals surface area contributed by atoms with Gasteiger partial charge in [0.25, 0.3) is 0 Å². The molecule has 1 aromatic carbocycles. The topological polar surface area (TPSA) is 87.4 Å². The van der Waals surface area contributed by atoms with E-state index in [1.165, 1.54) is 0 Å². The summed E-state index contributed by atoms with van der Waals surface area (Å²) < 4.78 is 1.67. The third-order valence-corrected chi connectivity index (χ3v) is 4.59. The minimum atomic E-state index is -0.178. The fourth-order valence-corrected chi connectivity index (χ4v) is 3.14. The van der Waals surface area contributed by atoms with E-state index in [4.69, 9.17) is 7.85 Å². The van der Waals surface area contributed by atoms with Crippen LogP contribution in [0.5, 0.6) is 0 Å². The molecule has 0 unspecified atom stereocenters. The second-order valence-corrected chi connectivity index (χ2v) is 6.79. The zero-order valence-corrected chi connectivity index (χ0v) is 15.9. The highest BCUT2D eigenvalue weighted by Crippen LogP contribution is 2.17. The molecule has 3 aromatic heterocycles. The molecule has 0 bridgehead atoms. The molecular weight excluding hydrogens is 363 g/mol. The summed E-state index contributed by atoms with van der Waals surface area (Å²) in [5.41, 5.74) is 3.23. The average molecular weight is 384 g/mol. The zero-order chi connectivity index (χ0) is 20.1. The Bertz CT molecular complexity index is 1070. The summed E-state index contributed by atoms with van der Waals surface area (Å²) in [5, 5.41) is 20.8. The number of aromatic nitrogens is 4. The van der Waals surface area contributed by atoms with Crippen LogP contribution in [0.2, 0.25) is 0 Å². The molecule has 0 aliphatic rings. The van der Waals surface area contributed by atoms with Gasteiger partial charge in [-0.25, -0.2) is 4.98 Å². The molecule has 1 atom stereocenters. The maximum Gasteiger partial charge on any atom is 0.152 e. The van der Waals surface area contributed by atoms with Gasteiger partial charge in [0.2, 0.25) is 0 Å². The largest absolute Gasteiger partial charge is 0.394 e. The van der Waals surface area contributed by atoms with Crippen molar-refractivity contribution in [3.63, 3.8) is 0 Å². The summed E-state index contributed by atoms with van der Waals surface area (Å²) in [7, 11) is 6.05. The lowest BCUT2D eigenvalue weighted by Gasteiger charge is -2.18. The van der Waals surface area contributed by atoms with Gasteiger partial charge in [0, 0.05) is 31.2 Å². The van der Waals surface area contributed by atoms with Crippen molar-refractivity contribution in [3.05, 3.63) is 78.2 Å². The van der Waals surface area contributed by atoms with Crippen molar-refractivity contribution < 1.29 is 5.11 Å². The van der Waals surface area contributed by atoms with Gasteiger partial charge in [-0.15, -0.1) is 0 Å². The number of nitrogens with one attached hydrogen (secondary N) is 2. The minimum Gasteiger partial charge on any atom is -0.394 e. The summed E-state index contributed by atoms with van der Waals surface area (Å²) in [5.74, 6) is 1.36. The molecule has 0 spiro atoms. The Kier molecular flexibility index (Phi) is 5.72. The Morgan fingerprint density at radius 2 is 1.90 bits per heavy atom. The number of anilines is 2. The summed E-state index contributed by atoms with van der Waals surface area (Å²) in [6, 6.07) is 15.6. The van der Waals surface area contributed by atoms with Crippen LogP contribution in [0.4, 0.5) is 11.6 Å². The highest BCUT2D eigenvalue weighted by molar-refractivity contribution is 6.36. The van der Waals surface area contributed by atoms with Crippen LogP contribution in [0.15, 0.2) is 67.1 Å². The molecule has 0 saturated heterocycles.